The summed E-state index contributed by atoms with van der Waals surface area (Å²) in [5.41, 5.74) is 0.631. The molecule has 7 nitrogen and oxygen atoms in total. The zero-order valence-corrected chi connectivity index (χ0v) is 16.6. The van der Waals surface area contributed by atoms with Crippen LogP contribution in [0.3, 0.4) is 0 Å². The van der Waals surface area contributed by atoms with Crippen LogP contribution >= 0.6 is 0 Å². The van der Waals surface area contributed by atoms with E-state index in [0.29, 0.717) is 5.56 Å². The molecule has 30 heavy (non-hydrogen) atoms. The SMILES string of the molecule is CN(Cc1ccccc1OC(F)(F)F)C(=O)CCN=C1NS(=O)(=O)c2ccccc21. The number of hydrogen-bond acceptors (Lipinski definition) is 5. The van der Waals surface area contributed by atoms with E-state index >= 15 is 0 Å². The Balaban J connectivity index is 1.62. The summed E-state index contributed by atoms with van der Waals surface area (Å²) in [4.78, 5) is 17.9. The molecular weight excluding hydrogens is 423 g/mol. The Labute approximate surface area is 171 Å². The van der Waals surface area contributed by atoms with E-state index in [4.69, 9.17) is 0 Å². The molecule has 0 radical (unpaired) electrons. The maximum Gasteiger partial charge on any atom is 0.573 e. The van der Waals surface area contributed by atoms with Crippen LogP contribution in [-0.2, 0) is 21.4 Å². The van der Waals surface area contributed by atoms with Crippen molar-refractivity contribution in [2.45, 2.75) is 24.2 Å². The average Bonchev–Trinajstić information content (AvgIpc) is 2.93. The van der Waals surface area contributed by atoms with Gasteiger partial charge in [-0.05, 0) is 18.2 Å². The first-order valence-corrected chi connectivity index (χ1v) is 10.3. The van der Waals surface area contributed by atoms with Gasteiger partial charge in [-0.1, -0.05) is 30.3 Å². The lowest BCUT2D eigenvalue weighted by Crippen LogP contribution is -2.28. The van der Waals surface area contributed by atoms with Gasteiger partial charge in [-0.15, -0.1) is 13.2 Å². The highest BCUT2D eigenvalue weighted by Gasteiger charge is 2.32. The number of fused-ring (bicyclic) bond motifs is 1. The molecule has 1 N–H and O–H groups in total. The third-order valence-electron chi connectivity index (χ3n) is 4.29. The molecule has 1 aliphatic heterocycles. The van der Waals surface area contributed by atoms with Crippen LogP contribution in [0.25, 0.3) is 0 Å². The summed E-state index contributed by atoms with van der Waals surface area (Å²) in [6, 6.07) is 11.9. The van der Waals surface area contributed by atoms with Crippen molar-refractivity contribution < 1.29 is 31.1 Å². The molecule has 2 aromatic carbocycles. The van der Waals surface area contributed by atoms with Crippen molar-refractivity contribution in [2.24, 2.45) is 4.99 Å². The van der Waals surface area contributed by atoms with Gasteiger partial charge in [0.05, 0.1) is 11.4 Å². The van der Waals surface area contributed by atoms with Crippen LogP contribution in [0.1, 0.15) is 17.5 Å². The predicted molar refractivity (Wildman–Crippen MR) is 102 cm³/mol. The standard InChI is InChI=1S/C19H18F3N3O4S/c1-25(12-13-6-2-4-8-15(13)29-19(20,21)22)17(26)10-11-23-18-14-7-3-5-9-16(14)30(27,28)24-18/h2-9H,10-12H2,1H3,(H,23,24). The lowest BCUT2D eigenvalue weighted by atomic mass is 10.2. The summed E-state index contributed by atoms with van der Waals surface area (Å²) < 4.78 is 68.0. The molecule has 160 valence electrons. The number of para-hydroxylation sites is 1. The van der Waals surface area contributed by atoms with Gasteiger partial charge in [0.25, 0.3) is 10.0 Å². The fourth-order valence-corrected chi connectivity index (χ4v) is 4.16. The second-order valence-corrected chi connectivity index (χ2v) is 8.14. The second kappa shape index (κ2) is 8.34. The number of hydrogen-bond donors (Lipinski definition) is 1. The average molecular weight is 441 g/mol. The van der Waals surface area contributed by atoms with E-state index in [9.17, 15) is 26.4 Å². The Morgan fingerprint density at radius 3 is 2.53 bits per heavy atom. The van der Waals surface area contributed by atoms with Crippen LogP contribution in [0.2, 0.25) is 0 Å². The van der Waals surface area contributed by atoms with Gasteiger partial charge in [-0.2, -0.15) is 0 Å². The molecule has 2 aromatic rings. The van der Waals surface area contributed by atoms with Gasteiger partial charge in [0.15, 0.2) is 0 Å². The first kappa shape index (κ1) is 21.6. The molecular formula is C19H18F3N3O4S. The van der Waals surface area contributed by atoms with Crippen LogP contribution < -0.4 is 9.46 Å². The molecule has 0 unspecified atom stereocenters. The van der Waals surface area contributed by atoms with Gasteiger partial charge in [0.1, 0.15) is 11.6 Å². The molecule has 0 fully saturated rings. The number of benzene rings is 2. The Morgan fingerprint density at radius 2 is 1.80 bits per heavy atom. The van der Waals surface area contributed by atoms with E-state index in [1.807, 2.05) is 0 Å². The monoisotopic (exact) mass is 441 g/mol. The summed E-state index contributed by atoms with van der Waals surface area (Å²) in [5, 5.41) is 0. The molecule has 1 amide bonds. The number of rotatable bonds is 6. The van der Waals surface area contributed by atoms with Crippen molar-refractivity contribution in [2.75, 3.05) is 13.6 Å². The van der Waals surface area contributed by atoms with Gasteiger partial charge >= 0.3 is 6.36 Å². The number of carbonyl (C=O) groups is 1. The summed E-state index contributed by atoms with van der Waals surface area (Å²) in [7, 11) is -2.21. The topological polar surface area (TPSA) is 88.1 Å². The van der Waals surface area contributed by atoms with Crippen molar-refractivity contribution >= 4 is 21.8 Å². The van der Waals surface area contributed by atoms with Crippen molar-refractivity contribution in [3.63, 3.8) is 0 Å². The van der Waals surface area contributed by atoms with E-state index in [0.717, 1.165) is 0 Å². The van der Waals surface area contributed by atoms with Crippen molar-refractivity contribution in [1.82, 2.24) is 9.62 Å². The first-order valence-electron chi connectivity index (χ1n) is 8.81. The van der Waals surface area contributed by atoms with Crippen molar-refractivity contribution in [3.05, 3.63) is 59.7 Å². The molecule has 11 heteroatoms. The molecule has 0 spiro atoms. The first-order chi connectivity index (χ1) is 14.1. The van der Waals surface area contributed by atoms with Gasteiger partial charge in [-0.25, -0.2) is 8.42 Å². The molecule has 0 atom stereocenters. The maximum atomic E-state index is 12.5. The van der Waals surface area contributed by atoms with Crippen molar-refractivity contribution in [3.8, 4) is 5.75 Å². The second-order valence-electron chi connectivity index (χ2n) is 6.49. The smallest absolute Gasteiger partial charge is 0.405 e. The summed E-state index contributed by atoms with van der Waals surface area (Å²) in [5.74, 6) is -0.581. The molecule has 3 rings (SSSR count). The van der Waals surface area contributed by atoms with E-state index in [2.05, 4.69) is 14.5 Å². The molecule has 0 aromatic heterocycles. The van der Waals surface area contributed by atoms with E-state index < -0.39 is 16.4 Å². The van der Waals surface area contributed by atoms with Gasteiger partial charge in [-0.3, -0.25) is 14.5 Å². The lowest BCUT2D eigenvalue weighted by molar-refractivity contribution is -0.275. The zero-order chi connectivity index (χ0) is 21.9. The summed E-state index contributed by atoms with van der Waals surface area (Å²) in [6.07, 6.45) is -4.88. The Kier molecular flexibility index (Phi) is 6.01. The number of amides is 1. The fraction of sp³-hybridized carbons (Fsp3) is 0.263. The zero-order valence-electron chi connectivity index (χ0n) is 15.8. The van der Waals surface area contributed by atoms with Gasteiger partial charge < -0.3 is 9.64 Å². The van der Waals surface area contributed by atoms with Crippen LogP contribution in [0, 0.1) is 0 Å². The number of nitrogens with zero attached hydrogens (tertiary/aromatic N) is 2. The van der Waals surface area contributed by atoms with Crippen LogP contribution in [0.5, 0.6) is 5.75 Å². The van der Waals surface area contributed by atoms with Crippen molar-refractivity contribution in [1.29, 1.82) is 0 Å². The van der Waals surface area contributed by atoms with Gasteiger partial charge in [0.2, 0.25) is 5.91 Å². The van der Waals surface area contributed by atoms with Crippen LogP contribution in [0.4, 0.5) is 13.2 Å². The lowest BCUT2D eigenvalue weighted by Gasteiger charge is -2.19. The number of ether oxygens (including phenoxy) is 1. The largest absolute Gasteiger partial charge is 0.573 e. The van der Waals surface area contributed by atoms with Crippen LogP contribution in [0.15, 0.2) is 58.4 Å². The highest BCUT2D eigenvalue weighted by atomic mass is 32.2. The van der Waals surface area contributed by atoms with Gasteiger partial charge in [0, 0.05) is 31.1 Å². The molecule has 1 aliphatic rings. The molecule has 0 bridgehead atoms. The number of alkyl halides is 3. The Bertz CT molecular complexity index is 1080. The third kappa shape index (κ3) is 5.09. The number of amidine groups is 1. The number of carbonyl (C=O) groups excluding carboxylic acids is 1. The molecule has 0 saturated heterocycles. The minimum atomic E-state index is -4.83. The normalized spacial score (nSPS) is 16.1. The minimum Gasteiger partial charge on any atom is -0.405 e. The fourth-order valence-electron chi connectivity index (χ4n) is 2.91. The molecule has 1 heterocycles. The minimum absolute atomic E-state index is 0.00998. The third-order valence-corrected chi connectivity index (χ3v) is 5.69. The van der Waals surface area contributed by atoms with E-state index in [1.165, 1.54) is 36.2 Å². The summed E-state index contributed by atoms with van der Waals surface area (Å²) >= 11 is 0. The maximum absolute atomic E-state index is 12.5. The number of nitrogens with one attached hydrogen (secondary N) is 1. The number of halogens is 3. The highest BCUT2D eigenvalue weighted by Crippen LogP contribution is 2.27. The molecule has 0 aliphatic carbocycles. The molecule has 0 saturated carbocycles. The summed E-state index contributed by atoms with van der Waals surface area (Å²) in [6.45, 7) is -0.0762. The Morgan fingerprint density at radius 1 is 1.13 bits per heavy atom. The number of aliphatic imine (C=N–C) groups is 1. The van der Waals surface area contributed by atoms with E-state index in [1.54, 1.807) is 24.3 Å². The quantitative estimate of drug-likeness (QED) is 0.747. The number of sulfonamides is 1. The highest BCUT2D eigenvalue weighted by molar-refractivity contribution is 7.90. The van der Waals surface area contributed by atoms with E-state index in [-0.39, 0.29) is 47.5 Å². The van der Waals surface area contributed by atoms with Crippen LogP contribution in [-0.4, -0.2) is 45.0 Å². The Hall–Kier alpha value is -3.08. The predicted octanol–water partition coefficient (Wildman–Crippen LogP) is 2.67.